The molecular formula is C8H6BrN3S2. The Bertz CT molecular complexity index is 426. The van der Waals surface area contributed by atoms with Gasteiger partial charge in [0.15, 0.2) is 9.50 Å². The molecule has 0 aliphatic heterocycles. The van der Waals surface area contributed by atoms with Crippen molar-refractivity contribution in [2.75, 3.05) is 0 Å². The van der Waals surface area contributed by atoms with Crippen molar-refractivity contribution in [1.82, 2.24) is 15.0 Å². The van der Waals surface area contributed by atoms with Gasteiger partial charge in [-0.05, 0) is 40.2 Å². The van der Waals surface area contributed by atoms with E-state index in [0.29, 0.717) is 0 Å². The molecular weight excluding hydrogens is 282 g/mol. The summed E-state index contributed by atoms with van der Waals surface area (Å²) in [6.45, 7) is 1.97. The molecule has 14 heavy (non-hydrogen) atoms. The first kappa shape index (κ1) is 10.1. The van der Waals surface area contributed by atoms with Crippen LogP contribution in [0.5, 0.6) is 0 Å². The van der Waals surface area contributed by atoms with Gasteiger partial charge in [0.2, 0.25) is 0 Å². The summed E-state index contributed by atoms with van der Waals surface area (Å²) < 4.78 is 1.80. The monoisotopic (exact) mass is 287 g/mol. The van der Waals surface area contributed by atoms with Crippen LogP contribution >= 0.6 is 39.0 Å². The lowest BCUT2D eigenvalue weighted by atomic mass is 10.4. The van der Waals surface area contributed by atoms with Crippen LogP contribution in [-0.2, 0) is 0 Å². The average Bonchev–Trinajstić information content (AvgIpc) is 2.56. The molecule has 0 aliphatic rings. The molecule has 2 aromatic rings. The molecule has 0 unspecified atom stereocenters. The molecule has 0 N–H and O–H groups in total. The van der Waals surface area contributed by atoms with Crippen LogP contribution in [0.4, 0.5) is 0 Å². The summed E-state index contributed by atoms with van der Waals surface area (Å²) in [7, 11) is 0. The molecule has 3 nitrogen and oxygen atoms in total. The number of rotatable bonds is 2. The zero-order valence-electron chi connectivity index (χ0n) is 7.27. The fraction of sp³-hybridized carbons (Fsp3) is 0.125. The molecule has 2 aromatic heterocycles. The highest BCUT2D eigenvalue weighted by Gasteiger charge is 2.03. The molecule has 0 amide bonds. The second kappa shape index (κ2) is 4.37. The maximum absolute atomic E-state index is 4.25. The Morgan fingerprint density at radius 3 is 2.64 bits per heavy atom. The molecule has 0 radical (unpaired) electrons. The normalized spacial score (nSPS) is 10.4. The highest BCUT2D eigenvalue weighted by atomic mass is 79.9. The quantitative estimate of drug-likeness (QED) is 0.796. The van der Waals surface area contributed by atoms with Crippen molar-refractivity contribution in [2.45, 2.75) is 16.4 Å². The lowest BCUT2D eigenvalue weighted by Gasteiger charge is -1.95. The number of thiazole rings is 1. The van der Waals surface area contributed by atoms with E-state index in [1.165, 1.54) is 11.8 Å². The number of hydrogen-bond donors (Lipinski definition) is 0. The highest BCUT2D eigenvalue weighted by molar-refractivity contribution is 9.10. The van der Waals surface area contributed by atoms with Gasteiger partial charge in [-0.15, -0.1) is 11.3 Å². The maximum Gasteiger partial charge on any atom is 0.194 e. The number of halogens is 1. The van der Waals surface area contributed by atoms with Gasteiger partial charge < -0.3 is 0 Å². The minimum absolute atomic E-state index is 0.734. The van der Waals surface area contributed by atoms with Crippen molar-refractivity contribution in [3.05, 3.63) is 27.9 Å². The largest absolute Gasteiger partial charge is 0.230 e. The fourth-order valence-electron chi connectivity index (χ4n) is 0.797. The van der Waals surface area contributed by atoms with Gasteiger partial charge in [-0.25, -0.2) is 15.0 Å². The minimum atomic E-state index is 0.734. The third-order valence-electron chi connectivity index (χ3n) is 1.39. The second-order valence-electron chi connectivity index (χ2n) is 2.58. The van der Waals surface area contributed by atoms with Gasteiger partial charge in [0, 0.05) is 17.8 Å². The standard InChI is InChI=1S/C8H6BrN3S2/c1-5-2-10-7(11-3-5)14-8-12-6(9)4-13-8/h2-4H,1H3. The van der Waals surface area contributed by atoms with Crippen molar-refractivity contribution in [3.8, 4) is 0 Å². The number of aromatic nitrogens is 3. The Balaban J connectivity index is 2.15. The first-order valence-corrected chi connectivity index (χ1v) is 6.30. The zero-order chi connectivity index (χ0) is 9.97. The van der Waals surface area contributed by atoms with Crippen LogP contribution < -0.4 is 0 Å². The van der Waals surface area contributed by atoms with Crippen molar-refractivity contribution < 1.29 is 0 Å². The molecule has 6 heteroatoms. The summed E-state index contributed by atoms with van der Waals surface area (Å²) in [5.41, 5.74) is 1.06. The van der Waals surface area contributed by atoms with E-state index >= 15 is 0 Å². The van der Waals surface area contributed by atoms with Crippen LogP contribution in [0.3, 0.4) is 0 Å². The molecule has 0 aliphatic carbocycles. The van der Waals surface area contributed by atoms with Crippen LogP contribution in [-0.4, -0.2) is 15.0 Å². The molecule has 0 saturated heterocycles. The lowest BCUT2D eigenvalue weighted by molar-refractivity contribution is 0.948. The zero-order valence-corrected chi connectivity index (χ0v) is 10.5. The Kier molecular flexibility index (Phi) is 3.15. The summed E-state index contributed by atoms with van der Waals surface area (Å²) in [4.78, 5) is 12.6. The van der Waals surface area contributed by atoms with Gasteiger partial charge >= 0.3 is 0 Å². The highest BCUT2D eigenvalue weighted by Crippen LogP contribution is 2.28. The van der Waals surface area contributed by atoms with Gasteiger partial charge in [-0.3, -0.25) is 0 Å². The Morgan fingerprint density at radius 2 is 2.07 bits per heavy atom. The van der Waals surface area contributed by atoms with E-state index in [4.69, 9.17) is 0 Å². The molecule has 2 heterocycles. The van der Waals surface area contributed by atoms with Crippen LogP contribution in [0.1, 0.15) is 5.56 Å². The van der Waals surface area contributed by atoms with E-state index in [1.54, 1.807) is 23.7 Å². The molecule has 0 spiro atoms. The Labute approximate surface area is 98.1 Å². The van der Waals surface area contributed by atoms with E-state index in [2.05, 4.69) is 30.9 Å². The molecule has 2 rings (SSSR count). The summed E-state index contributed by atoms with van der Waals surface area (Å²) >= 11 is 6.35. The Morgan fingerprint density at radius 1 is 1.36 bits per heavy atom. The van der Waals surface area contributed by atoms with E-state index in [0.717, 1.165) is 19.7 Å². The maximum atomic E-state index is 4.25. The van der Waals surface area contributed by atoms with Gasteiger partial charge in [-0.1, -0.05) is 0 Å². The molecule has 72 valence electrons. The molecule has 0 atom stereocenters. The third kappa shape index (κ3) is 2.52. The minimum Gasteiger partial charge on any atom is -0.230 e. The molecule has 0 fully saturated rings. The van der Waals surface area contributed by atoms with Crippen LogP contribution in [0, 0.1) is 6.92 Å². The van der Waals surface area contributed by atoms with E-state index in [1.807, 2.05) is 12.3 Å². The smallest absolute Gasteiger partial charge is 0.194 e. The first-order valence-electron chi connectivity index (χ1n) is 3.81. The predicted octanol–water partition coefficient (Wildman–Crippen LogP) is 3.16. The number of nitrogens with zero attached hydrogens (tertiary/aromatic N) is 3. The van der Waals surface area contributed by atoms with E-state index in [9.17, 15) is 0 Å². The van der Waals surface area contributed by atoms with Gasteiger partial charge in [-0.2, -0.15) is 0 Å². The lowest BCUT2D eigenvalue weighted by Crippen LogP contribution is -1.85. The van der Waals surface area contributed by atoms with Crippen LogP contribution in [0.25, 0.3) is 0 Å². The fourth-order valence-corrected chi connectivity index (χ4v) is 2.96. The van der Waals surface area contributed by atoms with Crippen molar-refractivity contribution in [3.63, 3.8) is 0 Å². The van der Waals surface area contributed by atoms with Crippen molar-refractivity contribution in [1.29, 1.82) is 0 Å². The summed E-state index contributed by atoms with van der Waals surface area (Å²) in [5, 5.41) is 2.67. The molecule has 0 bridgehead atoms. The van der Waals surface area contributed by atoms with Crippen molar-refractivity contribution >= 4 is 39.0 Å². The van der Waals surface area contributed by atoms with Crippen LogP contribution in [0.15, 0.2) is 31.9 Å². The average molecular weight is 288 g/mol. The summed E-state index contributed by atoms with van der Waals surface area (Å²) in [5.74, 6) is 0. The molecule has 0 aromatic carbocycles. The summed E-state index contributed by atoms with van der Waals surface area (Å²) in [6, 6.07) is 0. The SMILES string of the molecule is Cc1cnc(Sc2nc(Br)cs2)nc1. The number of hydrogen-bond acceptors (Lipinski definition) is 5. The topological polar surface area (TPSA) is 38.7 Å². The van der Waals surface area contributed by atoms with Gasteiger partial charge in [0.1, 0.15) is 4.60 Å². The second-order valence-corrected chi connectivity index (χ2v) is 5.47. The van der Waals surface area contributed by atoms with Crippen LogP contribution in [0.2, 0.25) is 0 Å². The Hall–Kier alpha value is -0.460. The van der Waals surface area contributed by atoms with Gasteiger partial charge in [0.25, 0.3) is 0 Å². The predicted molar refractivity (Wildman–Crippen MR) is 60.7 cm³/mol. The number of aryl methyl sites for hydroxylation is 1. The summed E-state index contributed by atoms with van der Waals surface area (Å²) in [6.07, 6.45) is 3.61. The first-order chi connectivity index (χ1) is 6.74. The molecule has 0 saturated carbocycles. The third-order valence-corrected chi connectivity index (χ3v) is 3.93. The van der Waals surface area contributed by atoms with E-state index in [-0.39, 0.29) is 0 Å². The van der Waals surface area contributed by atoms with Gasteiger partial charge in [0.05, 0.1) is 0 Å². The van der Waals surface area contributed by atoms with Crippen molar-refractivity contribution in [2.24, 2.45) is 0 Å². The van der Waals surface area contributed by atoms with E-state index < -0.39 is 0 Å².